The molecule has 180 valence electrons. The van der Waals surface area contributed by atoms with E-state index in [0.29, 0.717) is 12.8 Å². The predicted octanol–water partition coefficient (Wildman–Crippen LogP) is 3.83. The van der Waals surface area contributed by atoms with Crippen LogP contribution in [0.2, 0.25) is 0 Å². The van der Waals surface area contributed by atoms with E-state index in [9.17, 15) is 25.2 Å². The second-order valence-corrected chi connectivity index (χ2v) is 8.69. The SMILES string of the molecule is CCCCCCCCCCCCCC(O)C(=O)NC(CO)C(O)C(O)CCCCC. The van der Waals surface area contributed by atoms with E-state index >= 15 is 0 Å². The van der Waals surface area contributed by atoms with E-state index < -0.39 is 36.9 Å². The zero-order chi connectivity index (χ0) is 22.6. The average molecular weight is 432 g/mol. The van der Waals surface area contributed by atoms with Gasteiger partial charge in [-0.1, -0.05) is 104 Å². The molecular formula is C24H49NO5. The molecule has 6 heteroatoms. The van der Waals surface area contributed by atoms with Crippen LogP contribution in [-0.4, -0.2) is 57.3 Å². The van der Waals surface area contributed by atoms with Gasteiger partial charge in [0.2, 0.25) is 5.91 Å². The van der Waals surface area contributed by atoms with E-state index in [4.69, 9.17) is 0 Å². The molecule has 30 heavy (non-hydrogen) atoms. The van der Waals surface area contributed by atoms with Crippen LogP contribution >= 0.6 is 0 Å². The second kappa shape index (κ2) is 20.2. The van der Waals surface area contributed by atoms with Crippen LogP contribution in [0.3, 0.4) is 0 Å². The van der Waals surface area contributed by atoms with E-state index in [-0.39, 0.29) is 0 Å². The zero-order valence-electron chi connectivity index (χ0n) is 19.5. The fourth-order valence-electron chi connectivity index (χ4n) is 3.69. The average Bonchev–Trinajstić information content (AvgIpc) is 2.74. The minimum absolute atomic E-state index is 0.371. The minimum atomic E-state index is -1.25. The van der Waals surface area contributed by atoms with E-state index in [1.807, 2.05) is 0 Å². The summed E-state index contributed by atoms with van der Waals surface area (Å²) in [7, 11) is 0. The molecule has 0 saturated heterocycles. The summed E-state index contributed by atoms with van der Waals surface area (Å²) in [5.74, 6) is -0.596. The van der Waals surface area contributed by atoms with Crippen molar-refractivity contribution in [2.24, 2.45) is 0 Å². The minimum Gasteiger partial charge on any atom is -0.394 e. The Morgan fingerprint density at radius 2 is 1.13 bits per heavy atom. The highest BCUT2D eigenvalue weighted by Gasteiger charge is 2.28. The Hall–Kier alpha value is -0.690. The Morgan fingerprint density at radius 3 is 1.63 bits per heavy atom. The molecule has 0 bridgehead atoms. The van der Waals surface area contributed by atoms with E-state index in [1.165, 1.54) is 51.4 Å². The number of hydrogen-bond acceptors (Lipinski definition) is 5. The van der Waals surface area contributed by atoms with Gasteiger partial charge in [-0.2, -0.15) is 0 Å². The van der Waals surface area contributed by atoms with Gasteiger partial charge in [-0.05, 0) is 12.8 Å². The Balaban J connectivity index is 3.89. The molecule has 0 aliphatic carbocycles. The first-order valence-corrected chi connectivity index (χ1v) is 12.4. The molecule has 0 spiro atoms. The normalized spacial score (nSPS) is 15.5. The highest BCUT2D eigenvalue weighted by atomic mass is 16.3. The van der Waals surface area contributed by atoms with Crippen molar-refractivity contribution in [1.29, 1.82) is 0 Å². The first-order valence-electron chi connectivity index (χ1n) is 12.4. The monoisotopic (exact) mass is 431 g/mol. The maximum absolute atomic E-state index is 12.1. The van der Waals surface area contributed by atoms with E-state index in [0.717, 1.165) is 38.5 Å². The lowest BCUT2D eigenvalue weighted by Crippen LogP contribution is -2.53. The molecule has 4 unspecified atom stereocenters. The molecule has 0 rings (SSSR count). The number of aliphatic hydroxyl groups excluding tert-OH is 4. The van der Waals surface area contributed by atoms with Gasteiger partial charge in [0.05, 0.1) is 18.8 Å². The number of rotatable bonds is 21. The van der Waals surface area contributed by atoms with Crippen molar-refractivity contribution in [3.05, 3.63) is 0 Å². The van der Waals surface area contributed by atoms with Gasteiger partial charge in [0, 0.05) is 0 Å². The third-order valence-electron chi connectivity index (χ3n) is 5.82. The van der Waals surface area contributed by atoms with Gasteiger partial charge in [-0.15, -0.1) is 0 Å². The Labute approximate surface area is 184 Å². The smallest absolute Gasteiger partial charge is 0.249 e. The molecule has 0 aromatic carbocycles. The number of aliphatic hydroxyl groups is 4. The Morgan fingerprint density at radius 1 is 0.700 bits per heavy atom. The number of carbonyl (C=O) groups excluding carboxylic acids is 1. The number of amides is 1. The molecule has 0 aromatic heterocycles. The number of carbonyl (C=O) groups is 1. The molecule has 6 nitrogen and oxygen atoms in total. The maximum atomic E-state index is 12.1. The van der Waals surface area contributed by atoms with Crippen LogP contribution < -0.4 is 5.32 Å². The van der Waals surface area contributed by atoms with Gasteiger partial charge >= 0.3 is 0 Å². The third kappa shape index (κ3) is 15.2. The molecule has 4 atom stereocenters. The van der Waals surface area contributed by atoms with Crippen molar-refractivity contribution in [2.75, 3.05) is 6.61 Å². The first kappa shape index (κ1) is 29.3. The van der Waals surface area contributed by atoms with Crippen LogP contribution in [0.4, 0.5) is 0 Å². The predicted molar refractivity (Wildman–Crippen MR) is 122 cm³/mol. The molecule has 1 amide bonds. The van der Waals surface area contributed by atoms with E-state index in [2.05, 4.69) is 19.2 Å². The van der Waals surface area contributed by atoms with Gasteiger partial charge < -0.3 is 25.7 Å². The summed E-state index contributed by atoms with van der Waals surface area (Å²) in [6.45, 7) is 3.80. The van der Waals surface area contributed by atoms with Crippen LogP contribution in [0.1, 0.15) is 117 Å². The topological polar surface area (TPSA) is 110 Å². The van der Waals surface area contributed by atoms with Gasteiger partial charge in [0.15, 0.2) is 0 Å². The first-order chi connectivity index (χ1) is 14.5. The molecule has 5 N–H and O–H groups in total. The molecule has 0 aliphatic rings. The molecular weight excluding hydrogens is 382 g/mol. The van der Waals surface area contributed by atoms with Crippen LogP contribution in [0.5, 0.6) is 0 Å². The van der Waals surface area contributed by atoms with Crippen molar-refractivity contribution in [3.8, 4) is 0 Å². The van der Waals surface area contributed by atoms with Crippen LogP contribution in [0.25, 0.3) is 0 Å². The summed E-state index contributed by atoms with van der Waals surface area (Å²) >= 11 is 0. The summed E-state index contributed by atoms with van der Waals surface area (Å²) in [6.07, 6.45) is 13.4. The molecule has 0 heterocycles. The lowest BCUT2D eigenvalue weighted by Gasteiger charge is -2.27. The Kier molecular flexibility index (Phi) is 19.8. The van der Waals surface area contributed by atoms with Gasteiger partial charge in [-0.25, -0.2) is 0 Å². The standard InChI is InChI=1S/C24H49NO5/c1-3-5-7-8-9-10-11-12-13-14-16-18-22(28)24(30)25-20(19-26)23(29)21(27)17-15-6-4-2/h20-23,26-29H,3-19H2,1-2H3,(H,25,30). The summed E-state index contributed by atoms with van der Waals surface area (Å²) < 4.78 is 0. The second-order valence-electron chi connectivity index (χ2n) is 8.69. The quantitative estimate of drug-likeness (QED) is 0.177. The maximum Gasteiger partial charge on any atom is 0.249 e. The fourth-order valence-corrected chi connectivity index (χ4v) is 3.69. The van der Waals surface area contributed by atoms with Gasteiger partial charge in [0.25, 0.3) is 0 Å². The lowest BCUT2D eigenvalue weighted by atomic mass is 10.00. The van der Waals surface area contributed by atoms with Crippen LogP contribution in [0.15, 0.2) is 0 Å². The summed E-state index contributed by atoms with van der Waals surface area (Å²) in [5, 5.41) is 42.2. The summed E-state index contributed by atoms with van der Waals surface area (Å²) in [6, 6.07) is -0.971. The van der Waals surface area contributed by atoms with Crippen LogP contribution in [0, 0.1) is 0 Å². The lowest BCUT2D eigenvalue weighted by molar-refractivity contribution is -0.132. The third-order valence-corrected chi connectivity index (χ3v) is 5.82. The van der Waals surface area contributed by atoms with Crippen molar-refractivity contribution in [3.63, 3.8) is 0 Å². The van der Waals surface area contributed by atoms with Crippen molar-refractivity contribution in [2.45, 2.75) is 141 Å². The highest BCUT2D eigenvalue weighted by molar-refractivity contribution is 5.80. The molecule has 0 fully saturated rings. The largest absolute Gasteiger partial charge is 0.394 e. The summed E-state index contributed by atoms with van der Waals surface area (Å²) in [4.78, 5) is 12.1. The molecule has 0 radical (unpaired) electrons. The van der Waals surface area contributed by atoms with Gasteiger partial charge in [-0.3, -0.25) is 4.79 Å². The highest BCUT2D eigenvalue weighted by Crippen LogP contribution is 2.13. The van der Waals surface area contributed by atoms with Crippen molar-refractivity contribution in [1.82, 2.24) is 5.32 Å². The summed E-state index contributed by atoms with van der Waals surface area (Å²) in [5.41, 5.74) is 0. The van der Waals surface area contributed by atoms with E-state index in [1.54, 1.807) is 0 Å². The molecule has 0 aromatic rings. The number of unbranched alkanes of at least 4 members (excludes halogenated alkanes) is 12. The zero-order valence-corrected chi connectivity index (χ0v) is 19.5. The number of hydrogen-bond donors (Lipinski definition) is 5. The van der Waals surface area contributed by atoms with Gasteiger partial charge in [0.1, 0.15) is 12.2 Å². The van der Waals surface area contributed by atoms with Crippen LogP contribution in [-0.2, 0) is 4.79 Å². The number of nitrogens with one attached hydrogen (secondary N) is 1. The fraction of sp³-hybridized carbons (Fsp3) is 0.958. The Bertz CT molecular complexity index is 394. The molecule has 0 saturated carbocycles. The van der Waals surface area contributed by atoms with Crippen molar-refractivity contribution < 1.29 is 25.2 Å². The van der Waals surface area contributed by atoms with Crippen molar-refractivity contribution >= 4 is 5.91 Å². The molecule has 0 aliphatic heterocycles.